The Morgan fingerprint density at radius 1 is 1.35 bits per heavy atom. The van der Waals surface area contributed by atoms with E-state index in [2.05, 4.69) is 17.5 Å². The lowest BCUT2D eigenvalue weighted by Gasteiger charge is -2.31. The lowest BCUT2D eigenvalue weighted by atomic mass is 9.90. The fraction of sp³-hybridized carbons (Fsp3) is 0.286. The number of halogens is 1. The normalized spacial score (nSPS) is 22.4. The zero-order chi connectivity index (χ0) is 11.4. The van der Waals surface area contributed by atoms with E-state index in [0.29, 0.717) is 6.04 Å². The number of fused-ring (bicyclic) bond motifs is 2. The molecule has 4 rings (SSSR count). The van der Waals surface area contributed by atoms with Gasteiger partial charge in [0.05, 0.1) is 11.6 Å². The Balaban J connectivity index is 2.09. The Labute approximate surface area is 98.7 Å². The maximum absolute atomic E-state index is 13.8. The van der Waals surface area contributed by atoms with Gasteiger partial charge < -0.3 is 9.88 Å². The van der Waals surface area contributed by atoms with Gasteiger partial charge in [0.2, 0.25) is 0 Å². The zero-order valence-corrected chi connectivity index (χ0v) is 9.41. The molecule has 0 amide bonds. The van der Waals surface area contributed by atoms with E-state index in [4.69, 9.17) is 0 Å². The molecule has 0 radical (unpaired) electrons. The maximum atomic E-state index is 13.8. The summed E-state index contributed by atoms with van der Waals surface area (Å²) in [6.45, 7) is 1.85. The number of aromatic nitrogens is 1. The van der Waals surface area contributed by atoms with Gasteiger partial charge >= 0.3 is 0 Å². The van der Waals surface area contributed by atoms with Gasteiger partial charge in [-0.2, -0.15) is 0 Å². The van der Waals surface area contributed by atoms with Crippen molar-refractivity contribution in [1.82, 2.24) is 9.88 Å². The molecule has 86 valence electrons. The number of nitrogens with one attached hydrogen (secondary N) is 1. The summed E-state index contributed by atoms with van der Waals surface area (Å²) >= 11 is 0. The van der Waals surface area contributed by atoms with Crippen LogP contribution in [0.2, 0.25) is 0 Å². The third-order valence-corrected chi connectivity index (χ3v) is 3.81. The number of nitrogens with zero attached hydrogens (tertiary/aromatic N) is 1. The lowest BCUT2D eigenvalue weighted by molar-refractivity contribution is 0.511. The summed E-state index contributed by atoms with van der Waals surface area (Å²) < 4.78 is 15.9. The quantitative estimate of drug-likeness (QED) is 0.733. The first kappa shape index (κ1) is 9.42. The van der Waals surface area contributed by atoms with Crippen molar-refractivity contribution in [1.29, 1.82) is 0 Å². The predicted octanol–water partition coefficient (Wildman–Crippen LogP) is 2.54. The molecule has 0 saturated carbocycles. The molecule has 2 nitrogen and oxygen atoms in total. The van der Waals surface area contributed by atoms with Crippen molar-refractivity contribution in [2.24, 2.45) is 0 Å². The van der Waals surface area contributed by atoms with E-state index in [1.54, 1.807) is 6.20 Å². The molecule has 0 fully saturated rings. The highest BCUT2D eigenvalue weighted by molar-refractivity contribution is 5.95. The highest BCUT2D eigenvalue weighted by Crippen LogP contribution is 2.35. The molecule has 3 heterocycles. The van der Waals surface area contributed by atoms with E-state index < -0.39 is 0 Å². The van der Waals surface area contributed by atoms with Gasteiger partial charge in [-0.05, 0) is 24.6 Å². The Morgan fingerprint density at radius 2 is 2.29 bits per heavy atom. The van der Waals surface area contributed by atoms with Crippen LogP contribution in [0.4, 0.5) is 4.39 Å². The molecule has 3 heteroatoms. The van der Waals surface area contributed by atoms with E-state index in [0.717, 1.165) is 30.4 Å². The third kappa shape index (κ3) is 1.17. The van der Waals surface area contributed by atoms with Crippen molar-refractivity contribution in [2.45, 2.75) is 19.0 Å². The lowest BCUT2D eigenvalue weighted by Crippen LogP contribution is -2.39. The van der Waals surface area contributed by atoms with Gasteiger partial charge in [-0.3, -0.25) is 0 Å². The predicted molar refractivity (Wildman–Crippen MR) is 66.3 cm³/mol. The second-order valence-electron chi connectivity index (χ2n) is 4.79. The van der Waals surface area contributed by atoms with E-state index >= 15 is 0 Å². The molecule has 1 atom stereocenters. The summed E-state index contributed by atoms with van der Waals surface area (Å²) in [6.07, 6.45) is 4.98. The van der Waals surface area contributed by atoms with Crippen molar-refractivity contribution in [3.8, 4) is 0 Å². The SMILES string of the molecule is Fc1cn2c3c(cccc13)C1=CCCNC1C2. The van der Waals surface area contributed by atoms with Crippen LogP contribution in [0.1, 0.15) is 12.0 Å². The van der Waals surface area contributed by atoms with Crippen LogP contribution in [0.15, 0.2) is 30.5 Å². The van der Waals surface area contributed by atoms with Crippen molar-refractivity contribution in [3.63, 3.8) is 0 Å². The number of benzene rings is 1. The highest BCUT2D eigenvalue weighted by atomic mass is 19.1. The minimum absolute atomic E-state index is 0.110. The van der Waals surface area contributed by atoms with Crippen LogP contribution in [0.25, 0.3) is 16.5 Å². The molecular formula is C14H13FN2. The minimum Gasteiger partial charge on any atom is -0.342 e. The van der Waals surface area contributed by atoms with Crippen molar-refractivity contribution in [2.75, 3.05) is 6.54 Å². The minimum atomic E-state index is -0.110. The molecule has 0 bridgehead atoms. The Bertz CT molecular complexity index is 639. The number of hydrogen-bond donors (Lipinski definition) is 1. The second kappa shape index (κ2) is 3.20. The van der Waals surface area contributed by atoms with Gasteiger partial charge in [0.15, 0.2) is 0 Å². The van der Waals surface area contributed by atoms with Gasteiger partial charge in [-0.15, -0.1) is 0 Å². The van der Waals surface area contributed by atoms with Crippen LogP contribution >= 0.6 is 0 Å². The molecule has 1 unspecified atom stereocenters. The van der Waals surface area contributed by atoms with Crippen LogP contribution in [0.5, 0.6) is 0 Å². The first-order valence-corrected chi connectivity index (χ1v) is 6.06. The molecule has 0 saturated heterocycles. The molecule has 1 aromatic carbocycles. The first-order chi connectivity index (χ1) is 8.34. The Hall–Kier alpha value is -1.61. The summed E-state index contributed by atoms with van der Waals surface area (Å²) in [4.78, 5) is 0. The number of rotatable bonds is 0. The van der Waals surface area contributed by atoms with Crippen LogP contribution in [-0.4, -0.2) is 17.2 Å². The number of hydrogen-bond acceptors (Lipinski definition) is 1. The average Bonchev–Trinajstić information content (AvgIpc) is 2.68. The average molecular weight is 228 g/mol. The van der Waals surface area contributed by atoms with Crippen LogP contribution in [0, 0.1) is 5.82 Å². The van der Waals surface area contributed by atoms with Gasteiger partial charge in [0.1, 0.15) is 5.82 Å². The van der Waals surface area contributed by atoms with Crippen LogP contribution in [-0.2, 0) is 6.54 Å². The molecule has 2 aliphatic rings. The van der Waals surface area contributed by atoms with Gasteiger partial charge in [0, 0.05) is 23.7 Å². The van der Waals surface area contributed by atoms with Gasteiger partial charge in [-0.25, -0.2) is 4.39 Å². The third-order valence-electron chi connectivity index (χ3n) is 3.81. The van der Waals surface area contributed by atoms with E-state index in [1.165, 1.54) is 11.1 Å². The molecule has 1 N–H and O–H groups in total. The van der Waals surface area contributed by atoms with Crippen LogP contribution < -0.4 is 5.32 Å². The summed E-state index contributed by atoms with van der Waals surface area (Å²) in [5.74, 6) is -0.110. The van der Waals surface area contributed by atoms with E-state index in [-0.39, 0.29) is 5.82 Å². The molecule has 2 aliphatic heterocycles. The van der Waals surface area contributed by atoms with Crippen molar-refractivity contribution in [3.05, 3.63) is 41.9 Å². The van der Waals surface area contributed by atoms with E-state index in [9.17, 15) is 4.39 Å². The fourth-order valence-corrected chi connectivity index (χ4v) is 3.09. The van der Waals surface area contributed by atoms with Crippen molar-refractivity contribution >= 4 is 16.5 Å². The Kier molecular flexibility index (Phi) is 1.77. The smallest absolute Gasteiger partial charge is 0.148 e. The molecule has 17 heavy (non-hydrogen) atoms. The van der Waals surface area contributed by atoms with Gasteiger partial charge in [-0.1, -0.05) is 18.2 Å². The molecule has 1 aromatic heterocycles. The van der Waals surface area contributed by atoms with Crippen LogP contribution in [0.3, 0.4) is 0 Å². The zero-order valence-electron chi connectivity index (χ0n) is 9.41. The molecule has 0 aliphatic carbocycles. The first-order valence-electron chi connectivity index (χ1n) is 6.06. The van der Waals surface area contributed by atoms with Gasteiger partial charge in [0.25, 0.3) is 0 Å². The summed E-state index contributed by atoms with van der Waals surface area (Å²) in [5.41, 5.74) is 3.58. The van der Waals surface area contributed by atoms with E-state index in [1.807, 2.05) is 16.7 Å². The standard InChI is InChI=1S/C14H13FN2/c15-12-7-17-8-13-9(5-2-6-16-13)10-3-1-4-11(12)14(10)17/h1,3-5,7,13,16H,2,6,8H2. The summed E-state index contributed by atoms with van der Waals surface area (Å²) in [5, 5.41) is 4.25. The number of para-hydroxylation sites is 1. The largest absolute Gasteiger partial charge is 0.342 e. The monoisotopic (exact) mass is 228 g/mol. The highest BCUT2D eigenvalue weighted by Gasteiger charge is 2.27. The molecule has 2 aromatic rings. The molecule has 0 spiro atoms. The summed E-state index contributed by atoms with van der Waals surface area (Å²) in [7, 11) is 0. The second-order valence-corrected chi connectivity index (χ2v) is 4.79. The summed E-state index contributed by atoms with van der Waals surface area (Å²) in [6, 6.07) is 6.25. The molecular weight excluding hydrogens is 215 g/mol. The topological polar surface area (TPSA) is 17.0 Å². The maximum Gasteiger partial charge on any atom is 0.148 e. The fourth-order valence-electron chi connectivity index (χ4n) is 3.09. The Morgan fingerprint density at radius 3 is 3.24 bits per heavy atom. The van der Waals surface area contributed by atoms with Crippen molar-refractivity contribution < 1.29 is 4.39 Å².